The molecule has 0 aromatic heterocycles. The van der Waals surface area contributed by atoms with Gasteiger partial charge in [-0.3, -0.25) is 0 Å². The molecule has 4 rings (SSSR count). The summed E-state index contributed by atoms with van der Waals surface area (Å²) in [6.45, 7) is 5.98. The van der Waals surface area contributed by atoms with Crippen molar-refractivity contribution in [3.8, 4) is 0 Å². The normalized spacial score (nSPS) is 19.0. The molecule has 0 bridgehead atoms. The molecule has 6 heteroatoms. The van der Waals surface area contributed by atoms with Crippen molar-refractivity contribution < 1.29 is 4.94 Å². The number of hydroxylamine groups is 3. The van der Waals surface area contributed by atoms with Crippen LogP contribution < -0.4 is 15.7 Å². The van der Waals surface area contributed by atoms with E-state index in [2.05, 4.69) is 83.1 Å². The van der Waals surface area contributed by atoms with E-state index in [4.69, 9.17) is 4.94 Å². The van der Waals surface area contributed by atoms with Gasteiger partial charge in [0.05, 0.1) is 22.7 Å². The lowest BCUT2D eigenvalue weighted by Gasteiger charge is -2.39. The number of likely N-dealkylation sites (N-methyl/N-ethyl adjacent to an activating group) is 1. The van der Waals surface area contributed by atoms with Crippen LogP contribution in [0.1, 0.15) is 6.92 Å². The number of benzene rings is 2. The van der Waals surface area contributed by atoms with Crippen LogP contribution in [0, 0.1) is 0 Å². The Bertz CT molecular complexity index is 684. The van der Waals surface area contributed by atoms with E-state index in [1.165, 1.54) is 0 Å². The number of nitrogens with zero attached hydrogens (tertiary/aromatic N) is 3. The molecule has 0 saturated carbocycles. The topological polar surface area (TPSA) is 43.0 Å². The second-order valence-corrected chi connectivity index (χ2v) is 6.65. The summed E-state index contributed by atoms with van der Waals surface area (Å²) in [4.78, 5) is 10.5. The summed E-state index contributed by atoms with van der Waals surface area (Å²) < 4.78 is 0. The van der Waals surface area contributed by atoms with E-state index in [0.29, 0.717) is 0 Å². The smallest absolute Gasteiger partial charge is 0.106 e. The SMILES string of the molecule is CC(NON1CCN(C)CC1)N1c2ccccc2Nc2ccccc21. The molecule has 2 aliphatic heterocycles. The Balaban J connectivity index is 1.52. The summed E-state index contributed by atoms with van der Waals surface area (Å²) in [5.41, 5.74) is 7.72. The lowest BCUT2D eigenvalue weighted by molar-refractivity contribution is -0.229. The third-order valence-corrected chi connectivity index (χ3v) is 4.80. The minimum absolute atomic E-state index is 0.0101. The fraction of sp³-hybridized carbons (Fsp3) is 0.368. The molecule has 0 spiro atoms. The van der Waals surface area contributed by atoms with Crippen molar-refractivity contribution in [3.05, 3.63) is 48.5 Å². The molecule has 0 aliphatic carbocycles. The largest absolute Gasteiger partial charge is 0.352 e. The molecule has 1 fully saturated rings. The maximum absolute atomic E-state index is 5.87. The molecule has 2 aliphatic rings. The van der Waals surface area contributed by atoms with E-state index in [1.807, 2.05) is 5.06 Å². The Morgan fingerprint density at radius 3 is 2.08 bits per heavy atom. The Labute approximate surface area is 148 Å². The first-order valence-electron chi connectivity index (χ1n) is 8.82. The highest BCUT2D eigenvalue weighted by molar-refractivity contribution is 5.91. The fourth-order valence-electron chi connectivity index (χ4n) is 3.35. The van der Waals surface area contributed by atoms with Crippen LogP contribution in [-0.4, -0.2) is 49.4 Å². The summed E-state index contributed by atoms with van der Waals surface area (Å²) >= 11 is 0. The van der Waals surface area contributed by atoms with Gasteiger partial charge in [-0.25, -0.2) is 4.94 Å². The Morgan fingerprint density at radius 1 is 0.920 bits per heavy atom. The van der Waals surface area contributed by atoms with Crippen LogP contribution in [0.4, 0.5) is 22.7 Å². The number of piperazine rings is 1. The van der Waals surface area contributed by atoms with Crippen LogP contribution in [-0.2, 0) is 4.94 Å². The second-order valence-electron chi connectivity index (χ2n) is 6.65. The zero-order valence-electron chi connectivity index (χ0n) is 14.8. The first-order chi connectivity index (χ1) is 12.2. The molecule has 2 aromatic carbocycles. The first kappa shape index (κ1) is 16.4. The number of hydrogen-bond donors (Lipinski definition) is 2. The highest BCUT2D eigenvalue weighted by atomic mass is 16.8. The molecular formula is C19H25N5O. The van der Waals surface area contributed by atoms with Crippen molar-refractivity contribution >= 4 is 22.7 Å². The summed E-state index contributed by atoms with van der Waals surface area (Å²) in [5.74, 6) is 0. The number of anilines is 4. The van der Waals surface area contributed by atoms with Crippen LogP contribution in [0.3, 0.4) is 0 Å². The van der Waals surface area contributed by atoms with Gasteiger partial charge >= 0.3 is 0 Å². The maximum atomic E-state index is 5.87. The van der Waals surface area contributed by atoms with E-state index in [-0.39, 0.29) is 6.17 Å². The zero-order chi connectivity index (χ0) is 17.2. The molecule has 25 heavy (non-hydrogen) atoms. The van der Waals surface area contributed by atoms with Crippen molar-refractivity contribution in [2.45, 2.75) is 13.1 Å². The van der Waals surface area contributed by atoms with Crippen molar-refractivity contribution in [2.75, 3.05) is 43.4 Å². The van der Waals surface area contributed by atoms with Gasteiger partial charge in [0, 0.05) is 26.2 Å². The quantitative estimate of drug-likeness (QED) is 0.835. The van der Waals surface area contributed by atoms with E-state index in [1.54, 1.807) is 0 Å². The minimum atomic E-state index is -0.0101. The summed E-state index contributed by atoms with van der Waals surface area (Å²) in [5, 5.41) is 5.51. The van der Waals surface area contributed by atoms with Gasteiger partial charge in [0.2, 0.25) is 0 Å². The first-order valence-corrected chi connectivity index (χ1v) is 8.82. The van der Waals surface area contributed by atoms with E-state index >= 15 is 0 Å². The number of para-hydroxylation sites is 4. The standard InChI is InChI=1S/C19H25N5O/c1-15(21-25-23-13-11-22(2)12-14-23)24-18-9-5-3-7-16(18)20-17-8-4-6-10-19(17)24/h3-10,15,20-21H,11-14H2,1-2H3. The molecule has 0 radical (unpaired) electrons. The van der Waals surface area contributed by atoms with Gasteiger partial charge in [0.25, 0.3) is 0 Å². The Hall–Kier alpha value is -2.12. The molecule has 1 saturated heterocycles. The predicted molar refractivity (Wildman–Crippen MR) is 101 cm³/mol. The van der Waals surface area contributed by atoms with Crippen LogP contribution in [0.25, 0.3) is 0 Å². The third kappa shape index (κ3) is 3.34. The van der Waals surface area contributed by atoms with Crippen molar-refractivity contribution in [2.24, 2.45) is 0 Å². The molecule has 6 nitrogen and oxygen atoms in total. The van der Waals surface area contributed by atoms with Crippen LogP contribution in [0.15, 0.2) is 48.5 Å². The molecule has 2 N–H and O–H groups in total. The van der Waals surface area contributed by atoms with Crippen LogP contribution in [0.2, 0.25) is 0 Å². The molecule has 2 aromatic rings. The van der Waals surface area contributed by atoms with Gasteiger partial charge in [0.15, 0.2) is 0 Å². The minimum Gasteiger partial charge on any atom is -0.352 e. The molecule has 0 amide bonds. The zero-order valence-corrected chi connectivity index (χ0v) is 14.8. The fourth-order valence-corrected chi connectivity index (χ4v) is 3.35. The van der Waals surface area contributed by atoms with Gasteiger partial charge in [-0.2, -0.15) is 10.5 Å². The number of hydrogen-bond acceptors (Lipinski definition) is 6. The highest BCUT2D eigenvalue weighted by Crippen LogP contribution is 2.43. The van der Waals surface area contributed by atoms with Gasteiger partial charge in [-0.05, 0) is 38.2 Å². The van der Waals surface area contributed by atoms with Gasteiger partial charge in [0.1, 0.15) is 6.17 Å². The average molecular weight is 339 g/mol. The lowest BCUT2D eigenvalue weighted by atomic mass is 10.1. The predicted octanol–water partition coefficient (Wildman–Crippen LogP) is 2.91. The van der Waals surface area contributed by atoms with Crippen molar-refractivity contribution in [1.29, 1.82) is 0 Å². The molecule has 1 unspecified atom stereocenters. The second kappa shape index (κ2) is 7.01. The highest BCUT2D eigenvalue weighted by Gasteiger charge is 2.26. The number of fused-ring (bicyclic) bond motifs is 2. The Kier molecular flexibility index (Phi) is 4.59. The van der Waals surface area contributed by atoms with Gasteiger partial charge in [-0.15, -0.1) is 0 Å². The third-order valence-electron chi connectivity index (χ3n) is 4.80. The molecule has 132 valence electrons. The monoisotopic (exact) mass is 339 g/mol. The van der Waals surface area contributed by atoms with Gasteiger partial charge < -0.3 is 15.1 Å². The van der Waals surface area contributed by atoms with E-state index < -0.39 is 0 Å². The number of nitrogens with one attached hydrogen (secondary N) is 2. The van der Waals surface area contributed by atoms with Crippen molar-refractivity contribution in [3.63, 3.8) is 0 Å². The average Bonchev–Trinajstić information content (AvgIpc) is 2.65. The molecule has 1 atom stereocenters. The summed E-state index contributed by atoms with van der Waals surface area (Å²) in [7, 11) is 2.14. The van der Waals surface area contributed by atoms with E-state index in [0.717, 1.165) is 48.9 Å². The molecular weight excluding hydrogens is 314 g/mol. The lowest BCUT2D eigenvalue weighted by Crippen LogP contribution is -2.50. The van der Waals surface area contributed by atoms with E-state index in [9.17, 15) is 0 Å². The number of rotatable bonds is 4. The summed E-state index contributed by atoms with van der Waals surface area (Å²) in [6.07, 6.45) is -0.0101. The van der Waals surface area contributed by atoms with Gasteiger partial charge in [-0.1, -0.05) is 24.3 Å². The Morgan fingerprint density at radius 2 is 1.48 bits per heavy atom. The van der Waals surface area contributed by atoms with Crippen LogP contribution in [0.5, 0.6) is 0 Å². The molecule has 2 heterocycles. The van der Waals surface area contributed by atoms with Crippen molar-refractivity contribution in [1.82, 2.24) is 15.4 Å². The maximum Gasteiger partial charge on any atom is 0.106 e. The summed E-state index contributed by atoms with van der Waals surface area (Å²) in [6, 6.07) is 16.7. The van der Waals surface area contributed by atoms with Crippen LogP contribution >= 0.6 is 0 Å².